The van der Waals surface area contributed by atoms with Crippen molar-refractivity contribution >= 4 is 0 Å². The van der Waals surface area contributed by atoms with E-state index in [4.69, 9.17) is 6.42 Å². The van der Waals surface area contributed by atoms with Crippen LogP contribution in [0.5, 0.6) is 0 Å². The summed E-state index contributed by atoms with van der Waals surface area (Å²) in [4.78, 5) is 4.14. The summed E-state index contributed by atoms with van der Waals surface area (Å²) < 4.78 is 1.82. The minimum atomic E-state index is -0.327. The molecular weight excluding hydrogens is 150 g/mol. The highest BCUT2D eigenvalue weighted by molar-refractivity contribution is 5.19. The highest BCUT2D eigenvalue weighted by Gasteiger charge is 2.22. The fourth-order valence-electron chi connectivity index (χ4n) is 1.04. The minimum absolute atomic E-state index is 0.327. The van der Waals surface area contributed by atoms with Crippen LogP contribution in [-0.4, -0.2) is 14.8 Å². The molecule has 1 heterocycles. The van der Waals surface area contributed by atoms with E-state index < -0.39 is 0 Å². The van der Waals surface area contributed by atoms with Crippen molar-refractivity contribution in [2.24, 2.45) is 0 Å². The van der Waals surface area contributed by atoms with Crippen LogP contribution in [-0.2, 0) is 12.0 Å². The third-order valence-corrected chi connectivity index (χ3v) is 1.83. The Morgan fingerprint density at radius 3 is 2.83 bits per heavy atom. The molecule has 0 fully saturated rings. The van der Waals surface area contributed by atoms with E-state index in [0.717, 1.165) is 12.4 Å². The van der Waals surface area contributed by atoms with Crippen LogP contribution < -0.4 is 0 Å². The van der Waals surface area contributed by atoms with Gasteiger partial charge in [-0.25, -0.2) is 9.67 Å². The van der Waals surface area contributed by atoms with Crippen molar-refractivity contribution < 1.29 is 0 Å². The number of terminal acetylenes is 1. The van der Waals surface area contributed by atoms with E-state index in [0.29, 0.717) is 0 Å². The molecule has 0 aliphatic rings. The van der Waals surface area contributed by atoms with E-state index in [1.807, 2.05) is 25.5 Å². The van der Waals surface area contributed by atoms with Gasteiger partial charge in [-0.2, -0.15) is 5.10 Å². The van der Waals surface area contributed by atoms with Gasteiger partial charge in [-0.1, -0.05) is 5.92 Å². The van der Waals surface area contributed by atoms with Crippen LogP contribution in [0, 0.1) is 12.3 Å². The van der Waals surface area contributed by atoms with E-state index in [-0.39, 0.29) is 5.41 Å². The zero-order chi connectivity index (χ0) is 9.19. The van der Waals surface area contributed by atoms with Crippen LogP contribution >= 0.6 is 0 Å². The highest BCUT2D eigenvalue weighted by atomic mass is 15.3. The van der Waals surface area contributed by atoms with E-state index in [1.54, 1.807) is 0 Å². The molecule has 0 saturated carbocycles. The van der Waals surface area contributed by atoms with Crippen LogP contribution in [0.15, 0.2) is 6.33 Å². The van der Waals surface area contributed by atoms with Gasteiger partial charge in [0.2, 0.25) is 0 Å². The van der Waals surface area contributed by atoms with Crippen LogP contribution in [0.3, 0.4) is 0 Å². The number of aryl methyl sites for hydroxylation is 1. The Hall–Kier alpha value is -1.30. The zero-order valence-corrected chi connectivity index (χ0v) is 7.70. The van der Waals surface area contributed by atoms with Gasteiger partial charge in [0, 0.05) is 6.54 Å². The first-order valence-electron chi connectivity index (χ1n) is 3.98. The second-order valence-corrected chi connectivity index (χ2v) is 3.17. The Morgan fingerprint density at radius 2 is 2.33 bits per heavy atom. The molecule has 0 radical (unpaired) electrons. The third kappa shape index (κ3) is 1.33. The second-order valence-electron chi connectivity index (χ2n) is 3.17. The summed E-state index contributed by atoms with van der Waals surface area (Å²) >= 11 is 0. The predicted octanol–water partition coefficient (Wildman–Crippen LogP) is 1.21. The molecule has 12 heavy (non-hydrogen) atoms. The first-order valence-corrected chi connectivity index (χ1v) is 3.98. The monoisotopic (exact) mass is 163 g/mol. The lowest BCUT2D eigenvalue weighted by Gasteiger charge is -2.16. The molecule has 0 amide bonds. The third-order valence-electron chi connectivity index (χ3n) is 1.83. The SMILES string of the molecule is C#CC(C)(C)c1ncnn1CC. The summed E-state index contributed by atoms with van der Waals surface area (Å²) in [5.41, 5.74) is -0.327. The van der Waals surface area contributed by atoms with Gasteiger partial charge < -0.3 is 0 Å². The van der Waals surface area contributed by atoms with Crippen LogP contribution in [0.1, 0.15) is 26.6 Å². The second kappa shape index (κ2) is 2.98. The molecule has 0 bridgehead atoms. The Labute approximate surface area is 72.8 Å². The van der Waals surface area contributed by atoms with E-state index in [9.17, 15) is 0 Å². The van der Waals surface area contributed by atoms with Crippen molar-refractivity contribution in [3.8, 4) is 12.3 Å². The summed E-state index contributed by atoms with van der Waals surface area (Å²) in [6.07, 6.45) is 6.93. The number of rotatable bonds is 2. The standard InChI is InChI=1S/C9H13N3/c1-5-9(3,4)8-10-7-11-12(8)6-2/h1,7H,6H2,2-4H3. The Balaban J connectivity index is 3.11. The average Bonchev–Trinajstić information content (AvgIpc) is 2.52. The maximum atomic E-state index is 5.39. The fraction of sp³-hybridized carbons (Fsp3) is 0.556. The lowest BCUT2D eigenvalue weighted by Crippen LogP contribution is -2.21. The molecule has 1 rings (SSSR count). The maximum absolute atomic E-state index is 5.39. The molecule has 3 nitrogen and oxygen atoms in total. The minimum Gasteiger partial charge on any atom is -0.249 e. The number of aromatic nitrogens is 3. The van der Waals surface area contributed by atoms with Gasteiger partial charge in [-0.3, -0.25) is 0 Å². The molecule has 0 aromatic carbocycles. The van der Waals surface area contributed by atoms with E-state index >= 15 is 0 Å². The van der Waals surface area contributed by atoms with Crippen molar-refractivity contribution in [2.45, 2.75) is 32.7 Å². The molecule has 64 valence electrons. The van der Waals surface area contributed by atoms with Gasteiger partial charge in [0.25, 0.3) is 0 Å². The fourth-order valence-corrected chi connectivity index (χ4v) is 1.04. The zero-order valence-electron chi connectivity index (χ0n) is 7.70. The molecule has 0 atom stereocenters. The van der Waals surface area contributed by atoms with Crippen molar-refractivity contribution in [1.29, 1.82) is 0 Å². The van der Waals surface area contributed by atoms with E-state index in [1.165, 1.54) is 6.33 Å². The van der Waals surface area contributed by atoms with Gasteiger partial charge in [-0.05, 0) is 20.8 Å². The van der Waals surface area contributed by atoms with Crippen LogP contribution in [0.2, 0.25) is 0 Å². The maximum Gasteiger partial charge on any atom is 0.144 e. The quantitative estimate of drug-likeness (QED) is 0.613. The van der Waals surface area contributed by atoms with Crippen molar-refractivity contribution in [3.05, 3.63) is 12.2 Å². The normalized spacial score (nSPS) is 11.2. The molecule has 0 N–H and O–H groups in total. The largest absolute Gasteiger partial charge is 0.249 e. The molecular formula is C9H13N3. The molecule has 0 aliphatic carbocycles. The number of hydrogen-bond acceptors (Lipinski definition) is 2. The predicted molar refractivity (Wildman–Crippen MR) is 47.6 cm³/mol. The molecule has 1 aromatic rings. The van der Waals surface area contributed by atoms with Gasteiger partial charge >= 0.3 is 0 Å². The van der Waals surface area contributed by atoms with Crippen molar-refractivity contribution in [2.75, 3.05) is 0 Å². The number of nitrogens with zero attached hydrogens (tertiary/aromatic N) is 3. The Bertz CT molecular complexity index is 304. The van der Waals surface area contributed by atoms with Crippen LogP contribution in [0.25, 0.3) is 0 Å². The molecule has 0 unspecified atom stereocenters. The summed E-state index contributed by atoms with van der Waals surface area (Å²) in [5, 5.41) is 4.06. The van der Waals surface area contributed by atoms with Gasteiger partial charge in [0.05, 0.1) is 5.41 Å². The summed E-state index contributed by atoms with van der Waals surface area (Å²) in [6, 6.07) is 0. The Kier molecular flexibility index (Phi) is 2.18. The number of hydrogen-bond donors (Lipinski definition) is 0. The summed E-state index contributed by atoms with van der Waals surface area (Å²) in [5.74, 6) is 3.55. The molecule has 3 heteroatoms. The summed E-state index contributed by atoms with van der Waals surface area (Å²) in [7, 11) is 0. The molecule has 0 spiro atoms. The average molecular weight is 163 g/mol. The van der Waals surface area contributed by atoms with Gasteiger partial charge in [0.15, 0.2) is 0 Å². The first kappa shape index (κ1) is 8.79. The topological polar surface area (TPSA) is 30.7 Å². The smallest absolute Gasteiger partial charge is 0.144 e. The van der Waals surface area contributed by atoms with Gasteiger partial charge in [0.1, 0.15) is 12.2 Å². The van der Waals surface area contributed by atoms with Gasteiger partial charge in [-0.15, -0.1) is 6.42 Å². The highest BCUT2D eigenvalue weighted by Crippen LogP contribution is 2.18. The molecule has 0 saturated heterocycles. The lowest BCUT2D eigenvalue weighted by atomic mass is 9.94. The molecule has 1 aromatic heterocycles. The first-order chi connectivity index (χ1) is 5.61. The van der Waals surface area contributed by atoms with Crippen molar-refractivity contribution in [3.63, 3.8) is 0 Å². The van der Waals surface area contributed by atoms with Crippen LogP contribution in [0.4, 0.5) is 0 Å². The summed E-state index contributed by atoms with van der Waals surface area (Å²) in [6.45, 7) is 6.75. The van der Waals surface area contributed by atoms with Crippen molar-refractivity contribution in [1.82, 2.24) is 14.8 Å². The molecule has 0 aliphatic heterocycles. The van der Waals surface area contributed by atoms with E-state index in [2.05, 4.69) is 16.0 Å². The lowest BCUT2D eigenvalue weighted by molar-refractivity contribution is 0.537. The Morgan fingerprint density at radius 1 is 1.67 bits per heavy atom.